The number of H-pyrrole nitrogens is 1. The van der Waals surface area contributed by atoms with E-state index in [1.54, 1.807) is 14.2 Å². The van der Waals surface area contributed by atoms with Crippen LogP contribution in [0.2, 0.25) is 0 Å². The molecule has 1 aromatic carbocycles. The fourth-order valence-corrected chi connectivity index (χ4v) is 8.66. The minimum atomic E-state index is -0.0693. The van der Waals surface area contributed by atoms with Crippen molar-refractivity contribution < 1.29 is 48.1 Å². The zero-order chi connectivity index (χ0) is 44.8. The van der Waals surface area contributed by atoms with E-state index in [4.69, 9.17) is 47.9 Å². The molecule has 2 fully saturated rings. The number of aromatic nitrogens is 1. The van der Waals surface area contributed by atoms with Crippen molar-refractivity contribution in [2.75, 3.05) is 107 Å². The fourth-order valence-electron chi connectivity index (χ4n) is 8.66. The smallest absolute Gasteiger partial charge is 0.163 e. The Bertz CT molecular complexity index is 1660. The molecule has 0 aliphatic carbocycles. The summed E-state index contributed by atoms with van der Waals surface area (Å²) in [7, 11) is 3.29. The van der Waals surface area contributed by atoms with Crippen molar-refractivity contribution in [3.63, 3.8) is 0 Å². The van der Waals surface area contributed by atoms with Crippen molar-refractivity contribution in [2.45, 2.75) is 78.3 Å². The van der Waals surface area contributed by atoms with E-state index in [0.29, 0.717) is 102 Å². The second kappa shape index (κ2) is 27.5. The molecule has 1 aromatic heterocycles. The van der Waals surface area contributed by atoms with Crippen molar-refractivity contribution >= 4 is 36.0 Å². The minimum Gasteiger partial charge on any atom is -0.487 e. The highest BCUT2D eigenvalue weighted by Gasteiger charge is 2.37. The first-order chi connectivity index (χ1) is 30.9. The molecule has 352 valence electrons. The van der Waals surface area contributed by atoms with Crippen molar-refractivity contribution in [1.82, 2.24) is 15.6 Å². The fraction of sp³-hybridized carbons (Fsp3) is 0.667. The number of nitrogens with zero attached hydrogens (tertiary/aromatic N) is 2. The maximum absolute atomic E-state index is 9.90. The molecule has 0 saturated carbocycles. The minimum absolute atomic E-state index is 0.0693. The zero-order valence-electron chi connectivity index (χ0n) is 38.6. The van der Waals surface area contributed by atoms with Crippen LogP contribution in [0, 0.1) is 23.7 Å². The number of methoxy groups -OCH3 is 2. The summed E-state index contributed by atoms with van der Waals surface area (Å²) in [5.41, 5.74) is 8.43. The van der Waals surface area contributed by atoms with Crippen molar-refractivity contribution in [3.05, 3.63) is 46.0 Å². The second-order valence-electron chi connectivity index (χ2n) is 16.3. The number of aliphatic hydroxyl groups excluding tert-OH is 2. The molecule has 3 aliphatic heterocycles. The Morgan fingerprint density at radius 1 is 0.556 bits per heavy atom. The summed E-state index contributed by atoms with van der Waals surface area (Å²) in [5, 5.41) is 27.5. The lowest BCUT2D eigenvalue weighted by Gasteiger charge is -2.18. The molecule has 0 spiro atoms. The molecule has 2 saturated heterocycles. The molecule has 4 heterocycles. The number of fused-ring (bicyclic) bond motifs is 7. The van der Waals surface area contributed by atoms with Crippen LogP contribution in [-0.2, 0) is 41.3 Å². The third-order valence-electron chi connectivity index (χ3n) is 12.2. The summed E-state index contributed by atoms with van der Waals surface area (Å²) in [6, 6.07) is 3.65. The number of rotatable bonds is 28. The molecule has 2 aromatic rings. The topological polar surface area (TPSA) is 179 Å². The summed E-state index contributed by atoms with van der Waals surface area (Å²) in [4.78, 5) is 14.1. The van der Waals surface area contributed by atoms with Crippen LogP contribution in [0.25, 0.3) is 12.2 Å². The highest BCUT2D eigenvalue weighted by Crippen LogP contribution is 2.42. The number of nitrogens with one attached hydrogen (secondary N) is 3. The quantitative estimate of drug-likeness (QED) is 0.0627. The Morgan fingerprint density at radius 3 is 1.30 bits per heavy atom. The Labute approximate surface area is 375 Å². The molecule has 15 nitrogen and oxygen atoms in total. The molecule has 15 heteroatoms. The van der Waals surface area contributed by atoms with E-state index in [9.17, 15) is 10.2 Å². The highest BCUT2D eigenvalue weighted by molar-refractivity contribution is 5.81. The van der Waals surface area contributed by atoms with Gasteiger partial charge in [-0.15, -0.1) is 0 Å². The van der Waals surface area contributed by atoms with E-state index in [-0.39, 0.29) is 62.2 Å². The van der Waals surface area contributed by atoms with E-state index < -0.39 is 0 Å². The predicted molar refractivity (Wildman–Crippen MR) is 248 cm³/mol. The van der Waals surface area contributed by atoms with Gasteiger partial charge in [0, 0.05) is 86.6 Å². The van der Waals surface area contributed by atoms with Gasteiger partial charge in [0.25, 0.3) is 0 Å². The SMILES string of the molecule is CCc1c2[nH]c(c1CC)C=C1NC(C=Nc3cc(OCCOCCOCCOC)c(OCCOCCOCCOC)cc3N=CC3NC(=C2)C(CCCO)C3C)C(C)C1CCCO. The van der Waals surface area contributed by atoms with Gasteiger partial charge in [-0.05, 0) is 73.6 Å². The normalized spacial score (nSPS) is 21.7. The number of benzene rings is 1. The van der Waals surface area contributed by atoms with E-state index in [1.807, 2.05) is 24.6 Å². The Balaban J connectivity index is 1.51. The predicted octanol–water partition coefficient (Wildman–Crippen LogP) is 6.05. The van der Waals surface area contributed by atoms with Gasteiger partial charge in [-0.25, -0.2) is 0 Å². The summed E-state index contributed by atoms with van der Waals surface area (Å²) < 4.78 is 45.5. The van der Waals surface area contributed by atoms with Gasteiger partial charge in [-0.2, -0.15) is 0 Å². The van der Waals surface area contributed by atoms with Gasteiger partial charge in [0.15, 0.2) is 11.5 Å². The number of aliphatic imine (C=N–C) groups is 2. The molecule has 5 rings (SSSR count). The standard InChI is InChI=1S/C48H75N5O10/c1-7-35-36(8-2)40-28-42-38(12-10-14-55)34(4)46(53-42)32-50-44-30-48(63-26-24-61-22-20-59-18-16-57-6)47(62-25-23-60-21-19-58-17-15-56-5)29-43(44)49-31-45-33(3)37(11-9-13-54)41(52-45)27-39(35)51-40/h27-34,37-38,45-46,51-55H,7-26H2,1-6H3. The molecule has 63 heavy (non-hydrogen) atoms. The largest absolute Gasteiger partial charge is 0.487 e. The van der Waals surface area contributed by atoms with E-state index in [1.165, 1.54) is 11.1 Å². The van der Waals surface area contributed by atoms with Crippen LogP contribution in [0.3, 0.4) is 0 Å². The number of aliphatic hydroxyl groups is 2. The molecule has 6 unspecified atom stereocenters. The van der Waals surface area contributed by atoms with Gasteiger partial charge in [-0.1, -0.05) is 27.7 Å². The van der Waals surface area contributed by atoms with Gasteiger partial charge in [-0.3, -0.25) is 9.98 Å². The average molecular weight is 882 g/mol. The molecule has 0 amide bonds. The van der Waals surface area contributed by atoms with Crippen LogP contribution >= 0.6 is 0 Å². The monoisotopic (exact) mass is 882 g/mol. The number of hydrogen-bond acceptors (Lipinski definition) is 14. The van der Waals surface area contributed by atoms with Gasteiger partial charge in [0.2, 0.25) is 0 Å². The molecule has 3 aliphatic rings. The Morgan fingerprint density at radius 2 is 0.937 bits per heavy atom. The first kappa shape index (κ1) is 50.2. The third-order valence-corrected chi connectivity index (χ3v) is 12.2. The van der Waals surface area contributed by atoms with Crippen molar-refractivity contribution in [3.8, 4) is 11.5 Å². The first-order valence-corrected chi connectivity index (χ1v) is 23.1. The molecule has 0 radical (unpaired) electrons. The zero-order valence-corrected chi connectivity index (χ0v) is 38.6. The van der Waals surface area contributed by atoms with Crippen LogP contribution in [0.4, 0.5) is 11.4 Å². The van der Waals surface area contributed by atoms with Gasteiger partial charge in [0.1, 0.15) is 13.2 Å². The summed E-state index contributed by atoms with van der Waals surface area (Å²) >= 11 is 0. The molecule has 6 bridgehead atoms. The lowest BCUT2D eigenvalue weighted by molar-refractivity contribution is 0.0160. The van der Waals surface area contributed by atoms with Crippen LogP contribution in [0.5, 0.6) is 11.5 Å². The first-order valence-electron chi connectivity index (χ1n) is 23.1. The highest BCUT2D eigenvalue weighted by atomic mass is 16.6. The number of hydrogen-bond donors (Lipinski definition) is 5. The van der Waals surface area contributed by atoms with Crippen molar-refractivity contribution in [2.24, 2.45) is 33.7 Å². The van der Waals surface area contributed by atoms with Crippen LogP contribution in [-0.4, -0.2) is 146 Å². The summed E-state index contributed by atoms with van der Waals surface area (Å²) in [5.74, 6) is 1.85. The van der Waals surface area contributed by atoms with E-state index in [2.05, 4.69) is 55.5 Å². The van der Waals surface area contributed by atoms with Gasteiger partial charge >= 0.3 is 0 Å². The number of ether oxygens (including phenoxy) is 8. The maximum Gasteiger partial charge on any atom is 0.163 e. The van der Waals surface area contributed by atoms with Crippen LogP contribution in [0.1, 0.15) is 75.9 Å². The summed E-state index contributed by atoms with van der Waals surface area (Å²) in [6.45, 7) is 14.4. The lowest BCUT2D eigenvalue weighted by atomic mass is 9.87. The molecular formula is C48H75N5O10. The van der Waals surface area contributed by atoms with Crippen LogP contribution in [0.15, 0.2) is 33.5 Å². The van der Waals surface area contributed by atoms with Gasteiger partial charge in [0.05, 0.1) is 89.5 Å². The second-order valence-corrected chi connectivity index (χ2v) is 16.3. The Hall–Kier alpha value is -3.80. The molecule has 5 N–H and O–H groups in total. The van der Waals surface area contributed by atoms with E-state index in [0.717, 1.165) is 48.5 Å². The summed E-state index contributed by atoms with van der Waals surface area (Å²) in [6.07, 6.45) is 13.5. The third kappa shape index (κ3) is 14.6. The number of aromatic amines is 1. The van der Waals surface area contributed by atoms with Crippen LogP contribution < -0.4 is 20.1 Å². The average Bonchev–Trinajstić information content (AvgIpc) is 3.89. The van der Waals surface area contributed by atoms with Gasteiger partial charge < -0.3 is 63.7 Å². The molecular weight excluding hydrogens is 807 g/mol. The maximum atomic E-state index is 9.90. The lowest BCUT2D eigenvalue weighted by Crippen LogP contribution is -2.27. The Kier molecular flexibility index (Phi) is 21.9. The number of allylic oxidation sites excluding steroid dienone is 2. The molecule has 6 atom stereocenters. The van der Waals surface area contributed by atoms with Crippen molar-refractivity contribution in [1.29, 1.82) is 0 Å². The van der Waals surface area contributed by atoms with E-state index >= 15 is 0 Å².